The molecule has 16 heavy (non-hydrogen) atoms. The molecule has 1 rings (SSSR count). The van der Waals surface area contributed by atoms with E-state index < -0.39 is 0 Å². The van der Waals surface area contributed by atoms with Gasteiger partial charge in [-0.1, -0.05) is 20.8 Å². The second-order valence-electron chi connectivity index (χ2n) is 4.98. The van der Waals surface area contributed by atoms with Gasteiger partial charge in [0.1, 0.15) is 5.82 Å². The van der Waals surface area contributed by atoms with Gasteiger partial charge >= 0.3 is 0 Å². The maximum Gasteiger partial charge on any atom is 0.168 e. The number of halogens is 1. The Balaban J connectivity index is 3.30. The number of aryl methyl sites for hydroxylation is 2. The first-order valence-corrected chi connectivity index (χ1v) is 5.61. The summed E-state index contributed by atoms with van der Waals surface area (Å²) in [6.45, 7) is 9.42. The zero-order valence-electron chi connectivity index (χ0n) is 10.6. The van der Waals surface area contributed by atoms with Crippen LogP contribution < -0.4 is 0 Å². The van der Waals surface area contributed by atoms with Crippen LogP contribution in [0.25, 0.3) is 0 Å². The highest BCUT2D eigenvalue weighted by atomic mass is 19.1. The van der Waals surface area contributed by atoms with Crippen LogP contribution in [-0.2, 0) is 0 Å². The normalized spacial score (nSPS) is 11.6. The lowest BCUT2D eigenvalue weighted by atomic mass is 9.79. The number of benzene rings is 1. The minimum Gasteiger partial charge on any atom is -0.294 e. The molecule has 1 nitrogen and oxygen atoms in total. The highest BCUT2D eigenvalue weighted by Gasteiger charge is 2.28. The van der Waals surface area contributed by atoms with E-state index in [-0.39, 0.29) is 17.0 Å². The number of hydrogen-bond donors (Lipinski definition) is 0. The molecule has 0 saturated heterocycles. The van der Waals surface area contributed by atoms with Crippen molar-refractivity contribution in [1.29, 1.82) is 0 Å². The molecule has 0 spiro atoms. The molecular formula is C14H19FO. The van der Waals surface area contributed by atoms with Crippen molar-refractivity contribution in [3.63, 3.8) is 0 Å². The average Bonchev–Trinajstić information content (AvgIpc) is 2.15. The molecular weight excluding hydrogens is 203 g/mol. The molecule has 0 saturated carbocycles. The van der Waals surface area contributed by atoms with Crippen molar-refractivity contribution in [1.82, 2.24) is 0 Å². The summed E-state index contributed by atoms with van der Waals surface area (Å²) in [6.07, 6.45) is 0.780. The molecule has 2 heteroatoms. The van der Waals surface area contributed by atoms with Gasteiger partial charge in [0.2, 0.25) is 0 Å². The minimum atomic E-state index is -0.382. The van der Waals surface area contributed by atoms with Crippen molar-refractivity contribution < 1.29 is 9.18 Å². The Hall–Kier alpha value is -1.18. The van der Waals surface area contributed by atoms with Crippen LogP contribution in [0.4, 0.5) is 4.39 Å². The van der Waals surface area contributed by atoms with Gasteiger partial charge in [-0.15, -0.1) is 0 Å². The number of carbonyl (C=O) groups is 1. The van der Waals surface area contributed by atoms with E-state index in [1.807, 2.05) is 20.8 Å². The lowest BCUT2D eigenvalue weighted by molar-refractivity contribution is 0.0831. The predicted octanol–water partition coefficient (Wildman–Crippen LogP) is 4.06. The van der Waals surface area contributed by atoms with Crippen molar-refractivity contribution in [2.24, 2.45) is 5.41 Å². The Morgan fingerprint density at radius 3 is 2.06 bits per heavy atom. The fourth-order valence-corrected chi connectivity index (χ4v) is 1.77. The average molecular weight is 222 g/mol. The molecule has 88 valence electrons. The van der Waals surface area contributed by atoms with Crippen molar-refractivity contribution in [2.75, 3.05) is 0 Å². The first-order chi connectivity index (χ1) is 7.29. The molecule has 1 aromatic rings. The van der Waals surface area contributed by atoms with Gasteiger partial charge in [-0.05, 0) is 43.5 Å². The second kappa shape index (κ2) is 4.36. The Morgan fingerprint density at radius 2 is 1.69 bits per heavy atom. The van der Waals surface area contributed by atoms with E-state index in [9.17, 15) is 9.18 Å². The van der Waals surface area contributed by atoms with E-state index in [1.54, 1.807) is 13.8 Å². The van der Waals surface area contributed by atoms with Crippen LogP contribution in [0, 0.1) is 25.1 Å². The predicted molar refractivity (Wildman–Crippen MR) is 64.3 cm³/mol. The van der Waals surface area contributed by atoms with Crippen molar-refractivity contribution in [3.8, 4) is 0 Å². The van der Waals surface area contributed by atoms with E-state index in [0.717, 1.165) is 17.5 Å². The third kappa shape index (κ3) is 2.31. The summed E-state index contributed by atoms with van der Waals surface area (Å²) in [5.41, 5.74) is 1.74. The molecule has 0 atom stereocenters. The molecule has 0 aliphatic rings. The van der Waals surface area contributed by atoms with Crippen molar-refractivity contribution in [2.45, 2.75) is 41.0 Å². The van der Waals surface area contributed by atoms with Gasteiger partial charge < -0.3 is 0 Å². The van der Waals surface area contributed by atoms with E-state index in [2.05, 4.69) is 0 Å². The van der Waals surface area contributed by atoms with E-state index in [1.165, 1.54) is 12.1 Å². The zero-order chi connectivity index (χ0) is 12.5. The van der Waals surface area contributed by atoms with Gasteiger partial charge in [0, 0.05) is 11.0 Å². The molecule has 0 aliphatic heterocycles. The van der Waals surface area contributed by atoms with E-state index in [0.29, 0.717) is 5.56 Å². The highest BCUT2D eigenvalue weighted by Crippen LogP contribution is 2.29. The topological polar surface area (TPSA) is 17.1 Å². The first kappa shape index (κ1) is 12.9. The molecule has 1 aromatic carbocycles. The number of Topliss-reactive ketones (excluding diaryl/α,β-unsaturated/α-hetero) is 1. The summed E-state index contributed by atoms with van der Waals surface area (Å²) in [5, 5.41) is 0. The molecule has 0 aromatic heterocycles. The molecule has 0 aliphatic carbocycles. The lowest BCUT2D eigenvalue weighted by Crippen LogP contribution is -2.25. The maximum absolute atomic E-state index is 13.1. The first-order valence-electron chi connectivity index (χ1n) is 5.61. The molecule has 0 N–H and O–H groups in total. The van der Waals surface area contributed by atoms with Gasteiger partial charge in [-0.2, -0.15) is 0 Å². The standard InChI is InChI=1S/C14H19FO/c1-6-14(4,5)13(16)12-9(2)7-11(15)8-10(12)3/h7-8H,6H2,1-5H3. The Bertz CT molecular complexity index is 396. The molecule has 0 radical (unpaired) electrons. The number of rotatable bonds is 3. The second-order valence-corrected chi connectivity index (χ2v) is 4.98. The molecule has 0 amide bonds. The van der Waals surface area contributed by atoms with Gasteiger partial charge in [-0.3, -0.25) is 4.79 Å². The third-order valence-electron chi connectivity index (χ3n) is 3.22. The number of carbonyl (C=O) groups excluding carboxylic acids is 1. The molecule has 0 fully saturated rings. The Labute approximate surface area is 96.7 Å². The highest BCUT2D eigenvalue weighted by molar-refractivity contribution is 6.02. The van der Waals surface area contributed by atoms with Gasteiger partial charge in [0.15, 0.2) is 5.78 Å². The molecule has 0 bridgehead atoms. The van der Waals surface area contributed by atoms with E-state index >= 15 is 0 Å². The van der Waals surface area contributed by atoms with Gasteiger partial charge in [0.05, 0.1) is 0 Å². The SMILES string of the molecule is CCC(C)(C)C(=O)c1c(C)cc(F)cc1C. The minimum absolute atomic E-state index is 0.102. The van der Waals surface area contributed by atoms with Crippen LogP contribution in [0.5, 0.6) is 0 Å². The Morgan fingerprint density at radius 1 is 1.25 bits per heavy atom. The van der Waals surface area contributed by atoms with E-state index in [4.69, 9.17) is 0 Å². The largest absolute Gasteiger partial charge is 0.294 e. The Kier molecular flexibility index (Phi) is 3.51. The summed E-state index contributed by atoms with van der Waals surface area (Å²) < 4.78 is 13.1. The van der Waals surface area contributed by atoms with Crippen LogP contribution in [-0.4, -0.2) is 5.78 Å². The fourth-order valence-electron chi connectivity index (χ4n) is 1.77. The van der Waals surface area contributed by atoms with Crippen LogP contribution in [0.3, 0.4) is 0 Å². The van der Waals surface area contributed by atoms with Gasteiger partial charge in [0.25, 0.3) is 0 Å². The van der Waals surface area contributed by atoms with Crippen LogP contribution in [0.2, 0.25) is 0 Å². The number of ketones is 1. The molecule has 0 unspecified atom stereocenters. The van der Waals surface area contributed by atoms with Crippen molar-refractivity contribution in [3.05, 3.63) is 34.6 Å². The van der Waals surface area contributed by atoms with Crippen LogP contribution in [0.1, 0.15) is 48.7 Å². The smallest absolute Gasteiger partial charge is 0.168 e. The summed E-state index contributed by atoms with van der Waals surface area (Å²) >= 11 is 0. The van der Waals surface area contributed by atoms with Crippen LogP contribution in [0.15, 0.2) is 12.1 Å². The summed E-state index contributed by atoms with van der Waals surface area (Å²) in [4.78, 5) is 12.3. The van der Waals surface area contributed by atoms with Gasteiger partial charge in [-0.25, -0.2) is 4.39 Å². The zero-order valence-corrected chi connectivity index (χ0v) is 10.6. The third-order valence-corrected chi connectivity index (χ3v) is 3.22. The summed E-state index contributed by atoms with van der Waals surface area (Å²) in [6, 6.07) is 2.85. The fraction of sp³-hybridized carbons (Fsp3) is 0.500. The quantitative estimate of drug-likeness (QED) is 0.705. The van der Waals surface area contributed by atoms with Crippen molar-refractivity contribution >= 4 is 5.78 Å². The van der Waals surface area contributed by atoms with Crippen LogP contribution >= 0.6 is 0 Å². The number of hydrogen-bond acceptors (Lipinski definition) is 1. The summed E-state index contributed by atoms with van der Waals surface area (Å²) in [5.74, 6) is -0.175. The summed E-state index contributed by atoms with van der Waals surface area (Å²) in [7, 11) is 0. The maximum atomic E-state index is 13.1. The monoisotopic (exact) mass is 222 g/mol. The molecule has 0 heterocycles. The lowest BCUT2D eigenvalue weighted by Gasteiger charge is -2.23.